The van der Waals surface area contributed by atoms with Gasteiger partial charge in [0.05, 0.1) is 7.11 Å². The Balaban J connectivity index is 2.14. The fourth-order valence-electron chi connectivity index (χ4n) is 3.55. The third-order valence-corrected chi connectivity index (χ3v) is 4.74. The number of methoxy groups -OCH3 is 1. The van der Waals surface area contributed by atoms with Gasteiger partial charge in [0.25, 0.3) is 0 Å². The van der Waals surface area contributed by atoms with E-state index in [9.17, 15) is 0 Å². The van der Waals surface area contributed by atoms with E-state index < -0.39 is 0 Å². The molecule has 1 saturated carbocycles. The molecular formula is C17H23NO2. The number of rotatable bonds is 3. The monoisotopic (exact) mass is 273 g/mol. The number of furan rings is 1. The second-order valence-corrected chi connectivity index (χ2v) is 6.00. The Morgan fingerprint density at radius 2 is 1.95 bits per heavy atom. The van der Waals surface area contributed by atoms with E-state index in [4.69, 9.17) is 14.9 Å². The van der Waals surface area contributed by atoms with E-state index in [2.05, 4.69) is 18.2 Å². The third-order valence-electron chi connectivity index (χ3n) is 4.74. The summed E-state index contributed by atoms with van der Waals surface area (Å²) in [7, 11) is 1.70. The van der Waals surface area contributed by atoms with Crippen LogP contribution in [0.5, 0.6) is 5.75 Å². The normalized spacial score (nSPS) is 18.4. The Morgan fingerprint density at radius 3 is 2.60 bits per heavy atom. The topological polar surface area (TPSA) is 48.4 Å². The van der Waals surface area contributed by atoms with Gasteiger partial charge in [0, 0.05) is 17.3 Å². The van der Waals surface area contributed by atoms with Gasteiger partial charge in [-0.1, -0.05) is 19.3 Å². The molecule has 1 aromatic heterocycles. The summed E-state index contributed by atoms with van der Waals surface area (Å²) in [4.78, 5) is 0. The van der Waals surface area contributed by atoms with Crippen LogP contribution < -0.4 is 10.5 Å². The molecule has 0 saturated heterocycles. The van der Waals surface area contributed by atoms with Crippen molar-refractivity contribution in [3.05, 3.63) is 29.5 Å². The summed E-state index contributed by atoms with van der Waals surface area (Å²) in [5.41, 5.74) is 8.42. The molecule has 2 aromatic rings. The summed E-state index contributed by atoms with van der Waals surface area (Å²) < 4.78 is 11.3. The summed E-state index contributed by atoms with van der Waals surface area (Å²) in [5, 5.41) is 1.12. The Bertz CT molecular complexity index is 609. The summed E-state index contributed by atoms with van der Waals surface area (Å²) in [5.74, 6) is 1.74. The summed E-state index contributed by atoms with van der Waals surface area (Å²) in [6, 6.07) is 6.45. The molecule has 3 nitrogen and oxygen atoms in total. The molecule has 20 heavy (non-hydrogen) atoms. The zero-order chi connectivity index (χ0) is 14.2. The van der Waals surface area contributed by atoms with Crippen molar-refractivity contribution in [2.45, 2.75) is 44.4 Å². The molecule has 2 N–H and O–H groups in total. The van der Waals surface area contributed by atoms with Gasteiger partial charge in [-0.3, -0.25) is 0 Å². The smallest absolute Gasteiger partial charge is 0.176 e. The highest BCUT2D eigenvalue weighted by Gasteiger charge is 2.33. The lowest BCUT2D eigenvalue weighted by atomic mass is 9.69. The number of benzene rings is 1. The molecule has 0 unspecified atom stereocenters. The van der Waals surface area contributed by atoms with E-state index in [0.29, 0.717) is 6.54 Å². The van der Waals surface area contributed by atoms with Crippen molar-refractivity contribution in [2.24, 2.45) is 5.73 Å². The fourth-order valence-corrected chi connectivity index (χ4v) is 3.55. The van der Waals surface area contributed by atoms with Crippen LogP contribution in [0.2, 0.25) is 0 Å². The molecule has 0 radical (unpaired) electrons. The number of ether oxygens (including phenoxy) is 1. The quantitative estimate of drug-likeness (QED) is 0.922. The maximum atomic E-state index is 6.15. The lowest BCUT2D eigenvalue weighted by Gasteiger charge is -2.37. The standard InChI is InChI=1S/C17H23NO2/c1-12-8-13-9-14(10-15(19-2)16(13)20-12)17(11-18)6-4-3-5-7-17/h8-10H,3-7,11,18H2,1-2H3. The van der Waals surface area contributed by atoms with Gasteiger partial charge in [0.1, 0.15) is 5.76 Å². The van der Waals surface area contributed by atoms with E-state index in [1.165, 1.54) is 37.7 Å². The molecule has 0 aliphatic heterocycles. The predicted octanol–water partition coefficient (Wildman–Crippen LogP) is 3.91. The first-order valence-electron chi connectivity index (χ1n) is 7.47. The number of hydrogen-bond acceptors (Lipinski definition) is 3. The van der Waals surface area contributed by atoms with Gasteiger partial charge < -0.3 is 14.9 Å². The van der Waals surface area contributed by atoms with Crippen LogP contribution >= 0.6 is 0 Å². The molecule has 1 aliphatic carbocycles. The minimum atomic E-state index is 0.116. The first-order chi connectivity index (χ1) is 9.68. The van der Waals surface area contributed by atoms with Gasteiger partial charge in [-0.15, -0.1) is 0 Å². The highest BCUT2D eigenvalue weighted by molar-refractivity contribution is 5.85. The Labute approximate surface area is 120 Å². The van der Waals surface area contributed by atoms with Gasteiger partial charge in [-0.05, 0) is 43.5 Å². The van der Waals surface area contributed by atoms with Gasteiger partial charge in [0.15, 0.2) is 11.3 Å². The van der Waals surface area contributed by atoms with Crippen LogP contribution in [0.1, 0.15) is 43.4 Å². The van der Waals surface area contributed by atoms with E-state index in [-0.39, 0.29) is 5.41 Å². The lowest BCUT2D eigenvalue weighted by Crippen LogP contribution is -2.37. The van der Waals surface area contributed by atoms with Gasteiger partial charge in [-0.25, -0.2) is 0 Å². The first-order valence-corrected chi connectivity index (χ1v) is 7.47. The first kappa shape index (κ1) is 13.5. The second-order valence-electron chi connectivity index (χ2n) is 6.00. The van der Waals surface area contributed by atoms with Crippen molar-refractivity contribution in [1.82, 2.24) is 0 Å². The van der Waals surface area contributed by atoms with Crippen molar-refractivity contribution >= 4 is 11.0 Å². The highest BCUT2D eigenvalue weighted by atomic mass is 16.5. The van der Waals surface area contributed by atoms with Crippen molar-refractivity contribution in [2.75, 3.05) is 13.7 Å². The molecule has 1 aromatic carbocycles. The molecule has 3 heteroatoms. The predicted molar refractivity (Wildman–Crippen MR) is 81.3 cm³/mol. The van der Waals surface area contributed by atoms with Crippen LogP contribution in [-0.2, 0) is 5.41 Å². The van der Waals surface area contributed by atoms with Crippen LogP contribution in [0.25, 0.3) is 11.0 Å². The van der Waals surface area contributed by atoms with Gasteiger partial charge >= 0.3 is 0 Å². The molecular weight excluding hydrogens is 250 g/mol. The van der Waals surface area contributed by atoms with Crippen molar-refractivity contribution < 1.29 is 9.15 Å². The largest absolute Gasteiger partial charge is 0.493 e. The molecule has 108 valence electrons. The maximum Gasteiger partial charge on any atom is 0.176 e. The Morgan fingerprint density at radius 1 is 1.20 bits per heavy atom. The minimum absolute atomic E-state index is 0.116. The molecule has 0 spiro atoms. The fraction of sp³-hybridized carbons (Fsp3) is 0.529. The average molecular weight is 273 g/mol. The van der Waals surface area contributed by atoms with Crippen LogP contribution in [-0.4, -0.2) is 13.7 Å². The SMILES string of the molecule is COc1cc(C2(CN)CCCCC2)cc2cc(C)oc12. The second kappa shape index (κ2) is 5.13. The number of fused-ring (bicyclic) bond motifs is 1. The number of hydrogen-bond donors (Lipinski definition) is 1. The van der Waals surface area contributed by atoms with E-state index in [0.717, 1.165) is 22.5 Å². The third kappa shape index (κ3) is 2.10. The Hall–Kier alpha value is -1.48. The number of aryl methyl sites for hydroxylation is 1. The summed E-state index contributed by atoms with van der Waals surface area (Å²) in [6.45, 7) is 2.68. The zero-order valence-electron chi connectivity index (χ0n) is 12.4. The van der Waals surface area contributed by atoms with Gasteiger partial charge in [0.2, 0.25) is 0 Å². The van der Waals surface area contributed by atoms with Crippen LogP contribution in [0.15, 0.2) is 22.6 Å². The molecule has 0 amide bonds. The van der Waals surface area contributed by atoms with E-state index in [1.54, 1.807) is 7.11 Å². The molecule has 1 aliphatic rings. The van der Waals surface area contributed by atoms with Crippen LogP contribution in [0.4, 0.5) is 0 Å². The number of nitrogens with two attached hydrogens (primary N) is 1. The van der Waals surface area contributed by atoms with Crippen molar-refractivity contribution in [1.29, 1.82) is 0 Å². The minimum Gasteiger partial charge on any atom is -0.493 e. The molecule has 1 fully saturated rings. The zero-order valence-corrected chi connectivity index (χ0v) is 12.4. The highest BCUT2D eigenvalue weighted by Crippen LogP contribution is 2.42. The summed E-state index contributed by atoms with van der Waals surface area (Å²) in [6.07, 6.45) is 6.21. The summed E-state index contributed by atoms with van der Waals surface area (Å²) >= 11 is 0. The van der Waals surface area contributed by atoms with Crippen molar-refractivity contribution in [3.8, 4) is 5.75 Å². The van der Waals surface area contributed by atoms with Crippen LogP contribution in [0, 0.1) is 6.92 Å². The molecule has 0 atom stereocenters. The maximum absolute atomic E-state index is 6.15. The lowest BCUT2D eigenvalue weighted by molar-refractivity contribution is 0.299. The van der Waals surface area contributed by atoms with E-state index in [1.807, 2.05) is 6.92 Å². The van der Waals surface area contributed by atoms with Crippen LogP contribution in [0.3, 0.4) is 0 Å². The molecule has 3 rings (SSSR count). The molecule has 1 heterocycles. The van der Waals surface area contributed by atoms with Gasteiger partial charge in [-0.2, -0.15) is 0 Å². The average Bonchev–Trinajstić information content (AvgIpc) is 2.87. The van der Waals surface area contributed by atoms with Crippen molar-refractivity contribution in [3.63, 3.8) is 0 Å². The van der Waals surface area contributed by atoms with E-state index >= 15 is 0 Å². The Kier molecular flexibility index (Phi) is 3.47. The molecule has 0 bridgehead atoms.